The summed E-state index contributed by atoms with van der Waals surface area (Å²) in [6.07, 6.45) is 0. The topological polar surface area (TPSA) is 68.4 Å². The third-order valence-electron chi connectivity index (χ3n) is 1.28. The van der Waals surface area contributed by atoms with Gasteiger partial charge in [-0.25, -0.2) is 10.5 Å². The molecular weight excluding hydrogens is 234 g/mol. The molecule has 4 nitrogen and oxygen atoms in total. The van der Waals surface area contributed by atoms with Crippen molar-refractivity contribution in [1.82, 2.24) is 5.48 Å². The Morgan fingerprint density at radius 2 is 2.08 bits per heavy atom. The lowest BCUT2D eigenvalue weighted by Gasteiger charge is -1.95. The Morgan fingerprint density at radius 3 is 2.54 bits per heavy atom. The molecular formula is C8H6BrN3O. The Kier molecular flexibility index (Phi) is 3.43. The van der Waals surface area contributed by atoms with E-state index in [9.17, 15) is 0 Å². The molecule has 0 spiro atoms. The number of hydrogen-bond acceptors (Lipinski definition) is 3. The second-order valence-corrected chi connectivity index (χ2v) is 3.08. The Hall–Kier alpha value is -1.38. The molecule has 0 amide bonds. The number of hydroxylamine groups is 1. The van der Waals surface area contributed by atoms with Crippen molar-refractivity contribution < 1.29 is 5.21 Å². The van der Waals surface area contributed by atoms with Gasteiger partial charge in [0.15, 0.2) is 0 Å². The maximum Gasteiger partial charge on any atom is 0.230 e. The fourth-order valence-corrected chi connectivity index (χ4v) is 0.984. The smallest absolute Gasteiger partial charge is 0.230 e. The standard InChI is InChI=1S/C8H6BrN3O/c9-6-1-3-7(4-2-6)11-8(5-10)12-13/h1-4,13H,(H,11,12). The largest absolute Gasteiger partial charge is 0.289 e. The van der Waals surface area contributed by atoms with Crippen LogP contribution in [0, 0.1) is 11.3 Å². The molecule has 5 heteroatoms. The summed E-state index contributed by atoms with van der Waals surface area (Å²) in [4.78, 5) is 3.81. The van der Waals surface area contributed by atoms with Crippen LogP contribution in [0.2, 0.25) is 0 Å². The summed E-state index contributed by atoms with van der Waals surface area (Å²) < 4.78 is 0.932. The van der Waals surface area contributed by atoms with Gasteiger partial charge in [0.25, 0.3) is 0 Å². The van der Waals surface area contributed by atoms with Crippen LogP contribution in [0.25, 0.3) is 0 Å². The first-order chi connectivity index (χ1) is 6.26. The van der Waals surface area contributed by atoms with Gasteiger partial charge in [-0.05, 0) is 24.3 Å². The highest BCUT2D eigenvalue weighted by Crippen LogP contribution is 2.16. The van der Waals surface area contributed by atoms with E-state index >= 15 is 0 Å². The van der Waals surface area contributed by atoms with E-state index in [0.29, 0.717) is 5.69 Å². The van der Waals surface area contributed by atoms with Gasteiger partial charge >= 0.3 is 0 Å². The molecule has 2 N–H and O–H groups in total. The summed E-state index contributed by atoms with van der Waals surface area (Å²) in [5.74, 6) is -0.137. The summed E-state index contributed by atoms with van der Waals surface area (Å²) in [6, 6.07) is 8.73. The summed E-state index contributed by atoms with van der Waals surface area (Å²) in [6.45, 7) is 0. The summed E-state index contributed by atoms with van der Waals surface area (Å²) in [7, 11) is 0. The van der Waals surface area contributed by atoms with Gasteiger partial charge in [-0.2, -0.15) is 5.26 Å². The normalized spacial score (nSPS) is 10.7. The van der Waals surface area contributed by atoms with Crippen LogP contribution >= 0.6 is 15.9 Å². The van der Waals surface area contributed by atoms with Gasteiger partial charge in [0.2, 0.25) is 5.84 Å². The van der Waals surface area contributed by atoms with Crippen molar-refractivity contribution in [3.8, 4) is 6.07 Å². The summed E-state index contributed by atoms with van der Waals surface area (Å²) in [5, 5.41) is 16.9. The van der Waals surface area contributed by atoms with Gasteiger partial charge in [0.05, 0.1) is 5.69 Å². The molecule has 0 atom stereocenters. The first-order valence-electron chi connectivity index (χ1n) is 3.40. The Bertz CT molecular complexity index is 353. The van der Waals surface area contributed by atoms with Crippen LogP contribution in [0.5, 0.6) is 0 Å². The highest BCUT2D eigenvalue weighted by atomic mass is 79.9. The number of nitrogens with one attached hydrogen (secondary N) is 1. The van der Waals surface area contributed by atoms with Gasteiger partial charge < -0.3 is 0 Å². The number of benzene rings is 1. The van der Waals surface area contributed by atoms with Crippen molar-refractivity contribution in [3.05, 3.63) is 28.7 Å². The van der Waals surface area contributed by atoms with E-state index in [4.69, 9.17) is 10.5 Å². The lowest BCUT2D eigenvalue weighted by atomic mass is 10.3. The first kappa shape index (κ1) is 9.71. The van der Waals surface area contributed by atoms with Crippen molar-refractivity contribution in [2.75, 3.05) is 0 Å². The fraction of sp³-hybridized carbons (Fsp3) is 0. The van der Waals surface area contributed by atoms with Crippen LogP contribution in [0.1, 0.15) is 0 Å². The van der Waals surface area contributed by atoms with Gasteiger partial charge in [0, 0.05) is 4.47 Å². The molecule has 0 heterocycles. The van der Waals surface area contributed by atoms with E-state index in [0.717, 1.165) is 4.47 Å². The van der Waals surface area contributed by atoms with Crippen LogP contribution in [0.15, 0.2) is 33.7 Å². The molecule has 0 saturated heterocycles. The zero-order chi connectivity index (χ0) is 9.68. The van der Waals surface area contributed by atoms with Crippen molar-refractivity contribution in [3.63, 3.8) is 0 Å². The predicted molar refractivity (Wildman–Crippen MR) is 51.8 cm³/mol. The molecule has 0 unspecified atom stereocenters. The number of nitriles is 1. The molecule has 0 aromatic heterocycles. The van der Waals surface area contributed by atoms with Crippen molar-refractivity contribution in [2.45, 2.75) is 0 Å². The average molecular weight is 240 g/mol. The van der Waals surface area contributed by atoms with E-state index in [1.165, 1.54) is 0 Å². The van der Waals surface area contributed by atoms with E-state index in [2.05, 4.69) is 20.9 Å². The monoisotopic (exact) mass is 239 g/mol. The highest BCUT2D eigenvalue weighted by molar-refractivity contribution is 9.10. The van der Waals surface area contributed by atoms with Crippen LogP contribution < -0.4 is 5.48 Å². The molecule has 0 bridgehead atoms. The minimum absolute atomic E-state index is 0.137. The zero-order valence-corrected chi connectivity index (χ0v) is 8.12. The minimum atomic E-state index is -0.137. The lowest BCUT2D eigenvalue weighted by Crippen LogP contribution is -2.15. The number of halogens is 1. The summed E-state index contributed by atoms with van der Waals surface area (Å²) >= 11 is 3.27. The van der Waals surface area contributed by atoms with Gasteiger partial charge in [0.1, 0.15) is 6.07 Å². The molecule has 66 valence electrons. The van der Waals surface area contributed by atoms with Gasteiger partial charge in [-0.1, -0.05) is 15.9 Å². The Balaban J connectivity index is 2.92. The second kappa shape index (κ2) is 4.60. The number of aliphatic imine (C=N–C) groups is 1. The predicted octanol–water partition coefficient (Wildman–Crippen LogP) is 1.98. The van der Waals surface area contributed by atoms with Crippen LogP contribution in [0.3, 0.4) is 0 Å². The van der Waals surface area contributed by atoms with Crippen LogP contribution in [-0.4, -0.2) is 11.0 Å². The van der Waals surface area contributed by atoms with E-state index in [-0.39, 0.29) is 5.84 Å². The third kappa shape index (κ3) is 2.86. The minimum Gasteiger partial charge on any atom is -0.289 e. The Morgan fingerprint density at radius 1 is 1.46 bits per heavy atom. The van der Waals surface area contributed by atoms with E-state index < -0.39 is 0 Å². The third-order valence-corrected chi connectivity index (χ3v) is 1.81. The molecule has 13 heavy (non-hydrogen) atoms. The molecule has 0 aliphatic heterocycles. The zero-order valence-electron chi connectivity index (χ0n) is 6.53. The molecule has 1 aromatic carbocycles. The number of amidine groups is 1. The molecule has 0 radical (unpaired) electrons. The second-order valence-electron chi connectivity index (χ2n) is 2.16. The molecule has 0 fully saturated rings. The lowest BCUT2D eigenvalue weighted by molar-refractivity contribution is 0.236. The number of hydrogen-bond donors (Lipinski definition) is 2. The number of nitrogens with zero attached hydrogens (tertiary/aromatic N) is 2. The van der Waals surface area contributed by atoms with Crippen molar-refractivity contribution in [1.29, 1.82) is 5.26 Å². The van der Waals surface area contributed by atoms with Gasteiger partial charge in [-0.15, -0.1) is 0 Å². The van der Waals surface area contributed by atoms with Gasteiger partial charge in [-0.3, -0.25) is 5.21 Å². The average Bonchev–Trinajstić information content (AvgIpc) is 2.17. The molecule has 1 rings (SSSR count). The first-order valence-corrected chi connectivity index (χ1v) is 4.20. The summed E-state index contributed by atoms with van der Waals surface area (Å²) in [5.41, 5.74) is 2.29. The molecule has 0 saturated carbocycles. The fourth-order valence-electron chi connectivity index (χ4n) is 0.720. The van der Waals surface area contributed by atoms with E-state index in [1.54, 1.807) is 35.8 Å². The highest BCUT2D eigenvalue weighted by Gasteiger charge is 1.94. The maximum absolute atomic E-state index is 8.43. The van der Waals surface area contributed by atoms with Crippen molar-refractivity contribution in [2.24, 2.45) is 4.99 Å². The quantitative estimate of drug-likeness (QED) is 0.448. The Labute approximate surface area is 83.6 Å². The van der Waals surface area contributed by atoms with Crippen molar-refractivity contribution >= 4 is 27.5 Å². The SMILES string of the molecule is N#CC(=Nc1ccc(Br)cc1)NO. The van der Waals surface area contributed by atoms with E-state index in [1.807, 2.05) is 0 Å². The molecule has 0 aliphatic rings. The van der Waals surface area contributed by atoms with Crippen LogP contribution in [-0.2, 0) is 0 Å². The molecule has 1 aromatic rings. The van der Waals surface area contributed by atoms with Crippen LogP contribution in [0.4, 0.5) is 5.69 Å². The maximum atomic E-state index is 8.43. The molecule has 0 aliphatic carbocycles. The number of rotatable bonds is 1.